The van der Waals surface area contributed by atoms with Crippen LogP contribution in [-0.4, -0.2) is 43.4 Å². The number of pyridine rings is 1. The number of aromatic nitrogens is 6. The van der Waals surface area contributed by atoms with Crippen molar-refractivity contribution >= 4 is 32.7 Å². The number of benzene rings is 1. The Morgan fingerprint density at radius 3 is 2.47 bits per heavy atom. The quantitative estimate of drug-likeness (QED) is 0.310. The van der Waals surface area contributed by atoms with Crippen LogP contribution in [0.1, 0.15) is 24.4 Å². The summed E-state index contributed by atoms with van der Waals surface area (Å²) in [7, 11) is 1.65. The van der Waals surface area contributed by atoms with Crippen LogP contribution in [0.5, 0.6) is 5.75 Å². The first-order valence-corrected chi connectivity index (χ1v) is 10.4. The minimum absolute atomic E-state index is 0.121. The topological polar surface area (TPSA) is 81.9 Å². The van der Waals surface area contributed by atoms with Crippen molar-refractivity contribution in [2.45, 2.75) is 25.8 Å². The Hall–Kier alpha value is -3.42. The van der Waals surface area contributed by atoms with E-state index in [1.54, 1.807) is 18.9 Å². The zero-order valence-corrected chi connectivity index (χ0v) is 19.1. The molecule has 8 nitrogen and oxygen atoms in total. The number of ether oxygens (including phenoxy) is 1. The van der Waals surface area contributed by atoms with Crippen molar-refractivity contribution in [2.24, 2.45) is 0 Å². The van der Waals surface area contributed by atoms with Gasteiger partial charge in [-0.15, -0.1) is 0 Å². The van der Waals surface area contributed by atoms with Crippen LogP contribution < -0.4 is 9.64 Å². The number of fused-ring (bicyclic) bond motifs is 1. The monoisotopic (exact) mass is 543 g/mol. The molecule has 0 aliphatic rings. The van der Waals surface area contributed by atoms with Crippen molar-refractivity contribution in [2.75, 3.05) is 11.9 Å². The van der Waals surface area contributed by atoms with Gasteiger partial charge in [0.25, 0.3) is 0 Å². The number of anilines is 1. The predicted octanol–water partition coefficient (Wildman–Crippen LogP) is 5.19. The molecule has 0 fully saturated rings. The van der Waals surface area contributed by atoms with Gasteiger partial charge in [0.15, 0.2) is 11.6 Å². The molecule has 0 spiro atoms. The smallest absolute Gasteiger partial charge is 0.418 e. The summed E-state index contributed by atoms with van der Waals surface area (Å²) < 4.78 is 71.4. The Balaban J connectivity index is 1.72. The zero-order valence-electron chi connectivity index (χ0n) is 17.5. The van der Waals surface area contributed by atoms with Crippen LogP contribution in [0.25, 0.3) is 16.7 Å². The van der Waals surface area contributed by atoms with Crippen molar-refractivity contribution in [3.8, 4) is 11.6 Å². The van der Waals surface area contributed by atoms with Gasteiger partial charge in [-0.3, -0.25) is 0 Å². The molecule has 14 heteroatoms. The van der Waals surface area contributed by atoms with E-state index in [-0.39, 0.29) is 32.8 Å². The van der Waals surface area contributed by atoms with Crippen LogP contribution in [0.4, 0.5) is 27.8 Å². The van der Waals surface area contributed by atoms with E-state index in [9.17, 15) is 22.0 Å². The fourth-order valence-electron chi connectivity index (χ4n) is 3.36. The maximum Gasteiger partial charge on any atom is 0.418 e. The number of hydrogen-bond acceptors (Lipinski definition) is 7. The molecule has 178 valence electrons. The normalized spacial score (nSPS) is 12.9. The van der Waals surface area contributed by atoms with E-state index in [1.165, 1.54) is 29.2 Å². The molecule has 0 amide bonds. The first-order valence-electron chi connectivity index (χ1n) is 9.61. The van der Waals surface area contributed by atoms with Crippen molar-refractivity contribution in [3.05, 3.63) is 59.0 Å². The highest BCUT2D eigenvalue weighted by Gasteiger charge is 2.34. The third-order valence-corrected chi connectivity index (χ3v) is 5.47. The molecule has 4 aromatic rings. The fraction of sp³-hybridized carbons (Fsp3) is 0.250. The van der Waals surface area contributed by atoms with E-state index in [1.807, 2.05) is 0 Å². The standard InChI is InChI=1S/C20H15BrF5N7O/c1-10(17-30-9-31-33(17)15-4-3-12(7-27-15)34-19(22)23)32(2)18-13-5-11(21)6-14(20(24,25)26)16(13)28-8-29-18/h3-10,19H,1-2H3. The highest BCUT2D eigenvalue weighted by molar-refractivity contribution is 9.10. The van der Waals surface area contributed by atoms with E-state index in [2.05, 4.69) is 45.7 Å². The van der Waals surface area contributed by atoms with Crippen LogP contribution in [-0.2, 0) is 6.18 Å². The molecule has 1 aromatic carbocycles. The van der Waals surface area contributed by atoms with Gasteiger partial charge in [-0.25, -0.2) is 19.9 Å². The van der Waals surface area contributed by atoms with Gasteiger partial charge >= 0.3 is 12.8 Å². The molecule has 3 aromatic heterocycles. The molecule has 4 rings (SSSR count). The van der Waals surface area contributed by atoms with Crippen molar-refractivity contribution in [3.63, 3.8) is 0 Å². The van der Waals surface area contributed by atoms with Crippen LogP contribution in [0.3, 0.4) is 0 Å². The summed E-state index contributed by atoms with van der Waals surface area (Å²) in [6, 6.07) is 4.68. The minimum atomic E-state index is -4.61. The van der Waals surface area contributed by atoms with Gasteiger partial charge in [-0.05, 0) is 31.2 Å². The second-order valence-corrected chi connectivity index (χ2v) is 8.01. The molecule has 0 saturated heterocycles. The zero-order chi connectivity index (χ0) is 24.6. The molecular formula is C20H15BrF5N7O. The summed E-state index contributed by atoms with van der Waals surface area (Å²) >= 11 is 3.13. The van der Waals surface area contributed by atoms with Gasteiger partial charge in [0.1, 0.15) is 24.2 Å². The van der Waals surface area contributed by atoms with Crippen LogP contribution in [0.15, 0.2) is 47.6 Å². The number of halogens is 6. The number of hydrogen-bond donors (Lipinski definition) is 0. The molecule has 0 saturated carbocycles. The summed E-state index contributed by atoms with van der Waals surface area (Å²) in [6.45, 7) is -1.23. The lowest BCUT2D eigenvalue weighted by Gasteiger charge is -2.26. The highest BCUT2D eigenvalue weighted by atomic mass is 79.9. The first kappa shape index (κ1) is 23.7. The van der Waals surface area contributed by atoms with Gasteiger partial charge in [0, 0.05) is 16.9 Å². The Bertz CT molecular complexity index is 1310. The summed E-state index contributed by atoms with van der Waals surface area (Å²) in [6.07, 6.45) is -1.14. The molecular weight excluding hydrogens is 529 g/mol. The lowest BCUT2D eigenvalue weighted by atomic mass is 10.1. The van der Waals surface area contributed by atoms with E-state index >= 15 is 0 Å². The molecule has 1 atom stereocenters. The number of alkyl halides is 5. The lowest BCUT2D eigenvalue weighted by Crippen LogP contribution is -2.26. The summed E-state index contributed by atoms with van der Waals surface area (Å²) in [5.41, 5.74) is -1.13. The predicted molar refractivity (Wildman–Crippen MR) is 115 cm³/mol. The molecule has 0 aliphatic carbocycles. The first-order chi connectivity index (χ1) is 16.1. The number of nitrogens with zero attached hydrogens (tertiary/aromatic N) is 7. The van der Waals surface area contributed by atoms with Gasteiger partial charge in [0.05, 0.1) is 23.3 Å². The van der Waals surface area contributed by atoms with Crippen LogP contribution >= 0.6 is 15.9 Å². The second-order valence-electron chi connectivity index (χ2n) is 7.09. The van der Waals surface area contributed by atoms with Crippen molar-refractivity contribution in [1.82, 2.24) is 29.7 Å². The molecule has 0 bridgehead atoms. The SMILES string of the molecule is CC(c1ncnn1-c1ccc(OC(F)F)cn1)N(C)c1ncnc2c(C(F)(F)F)cc(Br)cc12. The van der Waals surface area contributed by atoms with E-state index in [0.29, 0.717) is 5.82 Å². The summed E-state index contributed by atoms with van der Waals surface area (Å²) in [4.78, 5) is 18.0. The van der Waals surface area contributed by atoms with Crippen molar-refractivity contribution in [1.29, 1.82) is 0 Å². The Morgan fingerprint density at radius 2 is 1.82 bits per heavy atom. The molecule has 0 aliphatic heterocycles. The summed E-state index contributed by atoms with van der Waals surface area (Å²) in [5.74, 6) is 0.788. The Labute approximate surface area is 197 Å². The average molecular weight is 544 g/mol. The van der Waals surface area contributed by atoms with Crippen LogP contribution in [0.2, 0.25) is 0 Å². The second kappa shape index (κ2) is 9.08. The van der Waals surface area contributed by atoms with Gasteiger partial charge in [-0.2, -0.15) is 31.7 Å². The van der Waals surface area contributed by atoms with Gasteiger partial charge in [-0.1, -0.05) is 15.9 Å². The van der Waals surface area contributed by atoms with Crippen LogP contribution in [0, 0.1) is 0 Å². The maximum atomic E-state index is 13.6. The summed E-state index contributed by atoms with van der Waals surface area (Å²) in [5, 5.41) is 4.33. The molecule has 0 radical (unpaired) electrons. The van der Waals surface area contributed by atoms with Gasteiger partial charge < -0.3 is 9.64 Å². The van der Waals surface area contributed by atoms with E-state index in [4.69, 9.17) is 0 Å². The molecule has 0 N–H and O–H groups in total. The Morgan fingerprint density at radius 1 is 1.06 bits per heavy atom. The Kier molecular flexibility index (Phi) is 6.34. The maximum absolute atomic E-state index is 13.6. The van der Waals surface area contributed by atoms with E-state index < -0.39 is 24.4 Å². The van der Waals surface area contributed by atoms with Gasteiger partial charge in [0.2, 0.25) is 0 Å². The molecule has 34 heavy (non-hydrogen) atoms. The molecule has 1 unspecified atom stereocenters. The lowest BCUT2D eigenvalue weighted by molar-refractivity contribution is -0.136. The average Bonchev–Trinajstić information content (AvgIpc) is 3.26. The number of rotatable bonds is 6. The minimum Gasteiger partial charge on any atom is -0.433 e. The largest absolute Gasteiger partial charge is 0.433 e. The van der Waals surface area contributed by atoms with Crippen molar-refractivity contribution < 1.29 is 26.7 Å². The molecule has 3 heterocycles. The highest BCUT2D eigenvalue weighted by Crippen LogP contribution is 2.39. The van der Waals surface area contributed by atoms with E-state index in [0.717, 1.165) is 18.6 Å². The third-order valence-electron chi connectivity index (χ3n) is 5.01. The third kappa shape index (κ3) is 4.62. The fourth-order valence-corrected chi connectivity index (χ4v) is 3.81.